The van der Waals surface area contributed by atoms with Gasteiger partial charge in [-0.15, -0.1) is 0 Å². The maximum atomic E-state index is 13.8. The van der Waals surface area contributed by atoms with Gasteiger partial charge < -0.3 is 10.2 Å². The number of hydrogen-bond acceptors (Lipinski definition) is 2. The molecule has 182 valence electrons. The molecule has 5 heteroatoms. The number of nitrogens with zero attached hydrogens (tertiary/aromatic N) is 1. The van der Waals surface area contributed by atoms with Crippen molar-refractivity contribution in [3.63, 3.8) is 0 Å². The summed E-state index contributed by atoms with van der Waals surface area (Å²) in [6, 6.07) is 25.0. The van der Waals surface area contributed by atoms with Crippen LogP contribution in [0.15, 0.2) is 78.9 Å². The van der Waals surface area contributed by atoms with E-state index in [2.05, 4.69) is 11.4 Å². The summed E-state index contributed by atoms with van der Waals surface area (Å²) < 4.78 is 0. The quantitative estimate of drug-likeness (QED) is 0.408. The third kappa shape index (κ3) is 7.19. The Balaban J connectivity index is 1.66. The molecule has 0 spiro atoms. The van der Waals surface area contributed by atoms with Gasteiger partial charge in [0.15, 0.2) is 0 Å². The number of halogens is 1. The third-order valence-corrected chi connectivity index (χ3v) is 6.89. The van der Waals surface area contributed by atoms with Crippen LogP contribution in [0.4, 0.5) is 0 Å². The average Bonchev–Trinajstić information content (AvgIpc) is 3.35. The van der Waals surface area contributed by atoms with Crippen molar-refractivity contribution in [2.75, 3.05) is 0 Å². The van der Waals surface area contributed by atoms with Crippen LogP contribution in [0.3, 0.4) is 0 Å². The Hall–Kier alpha value is -3.11. The lowest BCUT2D eigenvalue weighted by atomic mass is 10.0. The Kier molecular flexibility index (Phi) is 8.59. The Labute approximate surface area is 213 Å². The van der Waals surface area contributed by atoms with Crippen LogP contribution in [0.2, 0.25) is 5.02 Å². The second kappa shape index (κ2) is 12.0. The molecule has 0 bridgehead atoms. The van der Waals surface area contributed by atoms with Gasteiger partial charge >= 0.3 is 0 Å². The predicted molar refractivity (Wildman–Crippen MR) is 141 cm³/mol. The molecule has 4 rings (SSSR count). The van der Waals surface area contributed by atoms with Gasteiger partial charge in [-0.3, -0.25) is 9.59 Å². The van der Waals surface area contributed by atoms with Gasteiger partial charge in [0.25, 0.3) is 0 Å². The number of hydrogen-bond donors (Lipinski definition) is 1. The maximum absolute atomic E-state index is 13.8. The minimum Gasteiger partial charge on any atom is -0.352 e. The van der Waals surface area contributed by atoms with Gasteiger partial charge in [0, 0.05) is 24.0 Å². The van der Waals surface area contributed by atoms with E-state index in [0.29, 0.717) is 18.0 Å². The third-order valence-electron chi connectivity index (χ3n) is 6.65. The molecule has 3 aromatic rings. The Bertz CT molecular complexity index is 1140. The molecule has 4 nitrogen and oxygen atoms in total. The van der Waals surface area contributed by atoms with E-state index in [1.165, 1.54) is 0 Å². The second-order valence-corrected chi connectivity index (χ2v) is 9.95. The van der Waals surface area contributed by atoms with Crippen molar-refractivity contribution in [3.05, 3.63) is 106 Å². The van der Waals surface area contributed by atoms with Gasteiger partial charge in [0.2, 0.25) is 11.8 Å². The number of carbonyl (C=O) groups excluding carboxylic acids is 2. The van der Waals surface area contributed by atoms with E-state index in [4.69, 9.17) is 11.6 Å². The molecule has 0 aromatic heterocycles. The van der Waals surface area contributed by atoms with Crippen molar-refractivity contribution >= 4 is 23.4 Å². The lowest BCUT2D eigenvalue weighted by molar-refractivity contribution is -0.141. The van der Waals surface area contributed by atoms with Crippen molar-refractivity contribution in [1.29, 1.82) is 0 Å². The number of amides is 2. The SMILES string of the molecule is Cc1cccc(CN(C(=O)Cc2cccc(Cl)c2)[C@H](Cc2ccccc2)C(=O)NC2CCCC2)c1. The topological polar surface area (TPSA) is 49.4 Å². The number of nitrogens with one attached hydrogen (secondary N) is 1. The molecule has 1 aliphatic rings. The molecule has 2 amide bonds. The standard InChI is InChI=1S/C30H33ClN2O2/c1-22-9-7-13-25(17-22)21-33(29(34)20-24-12-8-14-26(31)18-24)28(19-23-10-3-2-4-11-23)30(35)32-27-15-5-6-16-27/h2-4,7-14,17-18,27-28H,5-6,15-16,19-21H2,1H3,(H,32,35)/t28-/m1/s1. The molecule has 1 fully saturated rings. The first-order chi connectivity index (χ1) is 17.0. The zero-order chi connectivity index (χ0) is 24.6. The predicted octanol–water partition coefficient (Wildman–Crippen LogP) is 5.89. The van der Waals surface area contributed by atoms with E-state index in [9.17, 15) is 9.59 Å². The number of rotatable bonds is 9. The fraction of sp³-hybridized carbons (Fsp3) is 0.333. The van der Waals surface area contributed by atoms with E-state index >= 15 is 0 Å². The lowest BCUT2D eigenvalue weighted by Crippen LogP contribution is -2.52. The zero-order valence-electron chi connectivity index (χ0n) is 20.3. The molecule has 1 aliphatic carbocycles. The second-order valence-electron chi connectivity index (χ2n) is 9.51. The summed E-state index contributed by atoms with van der Waals surface area (Å²) in [5.74, 6) is -0.163. The first kappa shape index (κ1) is 25.0. The Morgan fingerprint density at radius 3 is 2.31 bits per heavy atom. The van der Waals surface area contributed by atoms with E-state index in [1.54, 1.807) is 11.0 Å². The zero-order valence-corrected chi connectivity index (χ0v) is 21.0. The molecule has 1 atom stereocenters. The highest BCUT2D eigenvalue weighted by Gasteiger charge is 2.32. The first-order valence-electron chi connectivity index (χ1n) is 12.4. The van der Waals surface area contributed by atoms with E-state index in [0.717, 1.165) is 47.9 Å². The summed E-state index contributed by atoms with van der Waals surface area (Å²) in [5.41, 5.74) is 4.01. The minimum absolute atomic E-state index is 0.0761. The summed E-state index contributed by atoms with van der Waals surface area (Å²) in [5, 5.41) is 3.85. The summed E-state index contributed by atoms with van der Waals surface area (Å²) in [7, 11) is 0. The van der Waals surface area contributed by atoms with E-state index < -0.39 is 6.04 Å². The van der Waals surface area contributed by atoms with Crippen LogP contribution >= 0.6 is 11.6 Å². The van der Waals surface area contributed by atoms with Crippen molar-refractivity contribution in [2.45, 2.75) is 64.1 Å². The van der Waals surface area contributed by atoms with Crippen LogP contribution in [0.25, 0.3) is 0 Å². The van der Waals surface area contributed by atoms with E-state index in [-0.39, 0.29) is 24.3 Å². The van der Waals surface area contributed by atoms with Crippen molar-refractivity contribution < 1.29 is 9.59 Å². The van der Waals surface area contributed by atoms with E-state index in [1.807, 2.05) is 73.7 Å². The molecule has 35 heavy (non-hydrogen) atoms. The number of carbonyl (C=O) groups is 2. The van der Waals surface area contributed by atoms with Gasteiger partial charge in [-0.2, -0.15) is 0 Å². The molecule has 0 unspecified atom stereocenters. The molecule has 0 aliphatic heterocycles. The highest BCUT2D eigenvalue weighted by molar-refractivity contribution is 6.30. The van der Waals surface area contributed by atoms with Crippen LogP contribution in [0.1, 0.15) is 47.9 Å². The van der Waals surface area contributed by atoms with Crippen LogP contribution in [-0.4, -0.2) is 28.8 Å². The molecular weight excluding hydrogens is 456 g/mol. The summed E-state index contributed by atoms with van der Waals surface area (Å²) >= 11 is 6.18. The van der Waals surface area contributed by atoms with Gasteiger partial charge in [-0.1, -0.05) is 96.7 Å². The van der Waals surface area contributed by atoms with Crippen molar-refractivity contribution in [3.8, 4) is 0 Å². The minimum atomic E-state index is -0.606. The van der Waals surface area contributed by atoms with Gasteiger partial charge in [-0.05, 0) is 48.6 Å². The maximum Gasteiger partial charge on any atom is 0.243 e. The molecule has 3 aromatic carbocycles. The largest absolute Gasteiger partial charge is 0.352 e. The number of aryl methyl sites for hydroxylation is 1. The Morgan fingerprint density at radius 2 is 1.60 bits per heavy atom. The normalized spacial score (nSPS) is 14.5. The van der Waals surface area contributed by atoms with Crippen LogP contribution in [0.5, 0.6) is 0 Å². The smallest absolute Gasteiger partial charge is 0.243 e. The van der Waals surface area contributed by atoms with Gasteiger partial charge in [0.1, 0.15) is 6.04 Å². The van der Waals surface area contributed by atoms with Crippen LogP contribution in [-0.2, 0) is 29.0 Å². The highest BCUT2D eigenvalue weighted by atomic mass is 35.5. The molecule has 0 radical (unpaired) electrons. The van der Waals surface area contributed by atoms with Crippen molar-refractivity contribution in [1.82, 2.24) is 10.2 Å². The Morgan fingerprint density at radius 1 is 0.914 bits per heavy atom. The fourth-order valence-corrected chi connectivity index (χ4v) is 5.06. The monoisotopic (exact) mass is 488 g/mol. The summed E-state index contributed by atoms with van der Waals surface area (Å²) in [4.78, 5) is 29.2. The molecule has 1 N–H and O–H groups in total. The summed E-state index contributed by atoms with van der Waals surface area (Å²) in [6.45, 7) is 2.41. The summed E-state index contributed by atoms with van der Waals surface area (Å²) in [6.07, 6.45) is 4.92. The highest BCUT2D eigenvalue weighted by Crippen LogP contribution is 2.21. The fourth-order valence-electron chi connectivity index (χ4n) is 4.85. The molecule has 0 heterocycles. The van der Waals surface area contributed by atoms with Gasteiger partial charge in [0.05, 0.1) is 6.42 Å². The van der Waals surface area contributed by atoms with Crippen LogP contribution < -0.4 is 5.32 Å². The molecular formula is C30H33ClN2O2. The van der Waals surface area contributed by atoms with Crippen LogP contribution in [0, 0.1) is 6.92 Å². The van der Waals surface area contributed by atoms with Gasteiger partial charge in [-0.25, -0.2) is 0 Å². The average molecular weight is 489 g/mol. The number of benzene rings is 3. The molecule has 0 saturated heterocycles. The molecule has 1 saturated carbocycles. The first-order valence-corrected chi connectivity index (χ1v) is 12.8. The lowest BCUT2D eigenvalue weighted by Gasteiger charge is -2.32. The van der Waals surface area contributed by atoms with Crippen molar-refractivity contribution in [2.24, 2.45) is 0 Å².